The van der Waals surface area contributed by atoms with E-state index in [-0.39, 0.29) is 6.04 Å². The van der Waals surface area contributed by atoms with Gasteiger partial charge >= 0.3 is 0 Å². The van der Waals surface area contributed by atoms with Crippen molar-refractivity contribution in [2.45, 2.75) is 12.5 Å². The topological polar surface area (TPSA) is 26.0 Å². The first-order valence-corrected chi connectivity index (χ1v) is 4.96. The third-order valence-corrected chi connectivity index (χ3v) is 3.14. The summed E-state index contributed by atoms with van der Waals surface area (Å²) in [6, 6.07) is 4.18. The van der Waals surface area contributed by atoms with Gasteiger partial charge in [-0.1, -0.05) is 6.08 Å². The maximum Gasteiger partial charge on any atom is 0.0701 e. The molecule has 60 valence electrons. The number of hydrogen-bond donors (Lipinski definition) is 1. The Kier molecular flexibility index (Phi) is 3.30. The summed E-state index contributed by atoms with van der Waals surface area (Å²) in [5.41, 5.74) is 5.84. The van der Waals surface area contributed by atoms with E-state index in [0.717, 1.165) is 10.2 Å². The third kappa shape index (κ3) is 2.43. The first kappa shape index (κ1) is 8.97. The van der Waals surface area contributed by atoms with Gasteiger partial charge in [0.2, 0.25) is 0 Å². The predicted molar refractivity (Wildman–Crippen MR) is 53.8 cm³/mol. The second-order valence-corrected chi connectivity index (χ2v) is 4.77. The van der Waals surface area contributed by atoms with Crippen molar-refractivity contribution in [2.24, 2.45) is 5.73 Å². The van der Waals surface area contributed by atoms with Crippen molar-refractivity contribution in [3.8, 4) is 0 Å². The molecule has 0 fully saturated rings. The molecule has 0 amide bonds. The average molecular weight is 232 g/mol. The largest absolute Gasteiger partial charge is 0.323 e. The fourth-order valence-electron chi connectivity index (χ4n) is 0.823. The molecule has 3 heteroatoms. The molecule has 1 heterocycles. The number of rotatable bonds is 3. The molecule has 0 spiro atoms. The van der Waals surface area contributed by atoms with Crippen molar-refractivity contribution in [3.05, 3.63) is 33.5 Å². The normalized spacial score (nSPS) is 12.9. The number of hydrogen-bond acceptors (Lipinski definition) is 2. The minimum Gasteiger partial charge on any atom is -0.323 e. The van der Waals surface area contributed by atoms with E-state index >= 15 is 0 Å². The van der Waals surface area contributed by atoms with Crippen LogP contribution in [0.2, 0.25) is 0 Å². The maximum absolute atomic E-state index is 5.84. The summed E-state index contributed by atoms with van der Waals surface area (Å²) in [6.07, 6.45) is 2.69. The second kappa shape index (κ2) is 4.04. The van der Waals surface area contributed by atoms with Crippen LogP contribution in [0.3, 0.4) is 0 Å². The summed E-state index contributed by atoms with van der Waals surface area (Å²) in [4.78, 5) is 1.21. The minimum atomic E-state index is 0.115. The van der Waals surface area contributed by atoms with Gasteiger partial charge in [0.25, 0.3) is 0 Å². The predicted octanol–water partition coefficient (Wildman–Crippen LogP) is 3.09. The Hall–Kier alpha value is -0.120. The Labute approximate surface area is 79.0 Å². The van der Waals surface area contributed by atoms with Crippen LogP contribution in [0.4, 0.5) is 0 Å². The zero-order valence-corrected chi connectivity index (χ0v) is 8.49. The van der Waals surface area contributed by atoms with E-state index < -0.39 is 0 Å². The van der Waals surface area contributed by atoms with E-state index in [0.29, 0.717) is 0 Å². The van der Waals surface area contributed by atoms with E-state index in [2.05, 4.69) is 22.5 Å². The zero-order valence-electron chi connectivity index (χ0n) is 6.09. The minimum absolute atomic E-state index is 0.115. The molecule has 1 aromatic rings. The third-order valence-electron chi connectivity index (χ3n) is 1.38. The molecule has 11 heavy (non-hydrogen) atoms. The molecule has 0 saturated heterocycles. The van der Waals surface area contributed by atoms with Crippen LogP contribution in [0.15, 0.2) is 28.6 Å². The van der Waals surface area contributed by atoms with Crippen LogP contribution in [0.25, 0.3) is 0 Å². The van der Waals surface area contributed by atoms with Crippen molar-refractivity contribution in [1.29, 1.82) is 0 Å². The molecule has 0 aliphatic heterocycles. The molecule has 2 N–H and O–H groups in total. The molecule has 1 rings (SSSR count). The fourth-order valence-corrected chi connectivity index (χ4v) is 2.26. The van der Waals surface area contributed by atoms with Gasteiger partial charge in [-0.05, 0) is 34.5 Å². The van der Waals surface area contributed by atoms with Crippen molar-refractivity contribution in [2.75, 3.05) is 0 Å². The molecule has 1 atom stereocenters. The van der Waals surface area contributed by atoms with Gasteiger partial charge in [-0.2, -0.15) is 0 Å². The van der Waals surface area contributed by atoms with Crippen LogP contribution in [0.5, 0.6) is 0 Å². The number of nitrogens with two attached hydrogens (primary N) is 1. The highest BCUT2D eigenvalue weighted by Crippen LogP contribution is 2.27. The maximum atomic E-state index is 5.84. The summed E-state index contributed by atoms with van der Waals surface area (Å²) in [5, 5.41) is 0. The number of thiophene rings is 1. The highest BCUT2D eigenvalue weighted by atomic mass is 79.9. The molecule has 0 aliphatic carbocycles. The molecule has 0 radical (unpaired) electrons. The lowest BCUT2D eigenvalue weighted by atomic mass is 10.2. The van der Waals surface area contributed by atoms with Gasteiger partial charge in [0, 0.05) is 10.9 Å². The standard InChI is InChI=1S/C8H10BrNS/c1-2-3-6(10)7-4-5-8(9)11-7/h2,4-6H,1,3,10H2. The SMILES string of the molecule is C=CCC(N)c1ccc(Br)s1. The molecule has 0 aromatic carbocycles. The van der Waals surface area contributed by atoms with Crippen LogP contribution in [0.1, 0.15) is 17.3 Å². The molecule has 1 aromatic heterocycles. The molecule has 1 unspecified atom stereocenters. The smallest absolute Gasteiger partial charge is 0.0701 e. The average Bonchev–Trinajstić information content (AvgIpc) is 2.36. The van der Waals surface area contributed by atoms with Crippen molar-refractivity contribution in [1.82, 2.24) is 0 Å². The molecular formula is C8H10BrNS. The van der Waals surface area contributed by atoms with Gasteiger partial charge in [-0.15, -0.1) is 17.9 Å². The van der Waals surface area contributed by atoms with Crippen LogP contribution in [0, 0.1) is 0 Å². The van der Waals surface area contributed by atoms with Gasteiger partial charge in [-0.3, -0.25) is 0 Å². The molecule has 1 nitrogen and oxygen atoms in total. The first-order chi connectivity index (χ1) is 5.24. The lowest BCUT2D eigenvalue weighted by Gasteiger charge is -2.03. The molecule has 0 saturated carbocycles. The van der Waals surface area contributed by atoms with E-state index in [9.17, 15) is 0 Å². The fraction of sp³-hybridized carbons (Fsp3) is 0.250. The molecule has 0 aliphatic rings. The monoisotopic (exact) mass is 231 g/mol. The highest BCUT2D eigenvalue weighted by molar-refractivity contribution is 9.11. The lowest BCUT2D eigenvalue weighted by molar-refractivity contribution is 0.758. The summed E-state index contributed by atoms with van der Waals surface area (Å²) in [5.74, 6) is 0. The van der Waals surface area contributed by atoms with Crippen LogP contribution in [-0.4, -0.2) is 0 Å². The van der Waals surface area contributed by atoms with Crippen molar-refractivity contribution >= 4 is 27.3 Å². The summed E-state index contributed by atoms with van der Waals surface area (Å²) in [7, 11) is 0. The van der Waals surface area contributed by atoms with E-state index in [1.165, 1.54) is 4.88 Å². The molecular weight excluding hydrogens is 222 g/mol. The van der Waals surface area contributed by atoms with E-state index in [4.69, 9.17) is 5.73 Å². The van der Waals surface area contributed by atoms with Crippen molar-refractivity contribution in [3.63, 3.8) is 0 Å². The zero-order chi connectivity index (χ0) is 8.27. The Morgan fingerprint density at radius 1 is 1.73 bits per heavy atom. The van der Waals surface area contributed by atoms with Gasteiger partial charge in [0.1, 0.15) is 0 Å². The van der Waals surface area contributed by atoms with E-state index in [1.54, 1.807) is 11.3 Å². The van der Waals surface area contributed by atoms with Gasteiger partial charge in [0.05, 0.1) is 3.79 Å². The van der Waals surface area contributed by atoms with Gasteiger partial charge in [-0.25, -0.2) is 0 Å². The van der Waals surface area contributed by atoms with Crippen LogP contribution in [-0.2, 0) is 0 Å². The first-order valence-electron chi connectivity index (χ1n) is 3.35. The lowest BCUT2D eigenvalue weighted by Crippen LogP contribution is -2.06. The number of halogens is 1. The Bertz CT molecular complexity index is 244. The second-order valence-electron chi connectivity index (χ2n) is 2.27. The Morgan fingerprint density at radius 3 is 2.91 bits per heavy atom. The van der Waals surface area contributed by atoms with Gasteiger partial charge < -0.3 is 5.73 Å². The quantitative estimate of drug-likeness (QED) is 0.796. The van der Waals surface area contributed by atoms with Gasteiger partial charge in [0.15, 0.2) is 0 Å². The van der Waals surface area contributed by atoms with Crippen LogP contribution < -0.4 is 5.73 Å². The summed E-state index contributed by atoms with van der Waals surface area (Å²) >= 11 is 5.07. The highest BCUT2D eigenvalue weighted by Gasteiger charge is 2.05. The Balaban J connectivity index is 2.67. The summed E-state index contributed by atoms with van der Waals surface area (Å²) in [6.45, 7) is 3.65. The van der Waals surface area contributed by atoms with E-state index in [1.807, 2.05) is 18.2 Å². The van der Waals surface area contributed by atoms with Crippen molar-refractivity contribution < 1.29 is 0 Å². The molecule has 0 bridgehead atoms. The Morgan fingerprint density at radius 2 is 2.45 bits per heavy atom. The summed E-state index contributed by atoms with van der Waals surface area (Å²) < 4.78 is 1.13. The van der Waals surface area contributed by atoms with Crippen LogP contribution >= 0.6 is 27.3 Å².